The van der Waals surface area contributed by atoms with Gasteiger partial charge in [0.1, 0.15) is 0 Å². The largest absolute Gasteiger partial charge is 0.320 e. The molecule has 0 spiro atoms. The Hall–Kier alpha value is -3.16. The van der Waals surface area contributed by atoms with Crippen molar-refractivity contribution in [1.29, 1.82) is 0 Å². The van der Waals surface area contributed by atoms with Crippen molar-refractivity contribution < 1.29 is 0 Å². The van der Waals surface area contributed by atoms with Crippen LogP contribution in [-0.2, 0) is 0 Å². The van der Waals surface area contributed by atoms with Gasteiger partial charge in [-0.15, -0.1) is 0 Å². The van der Waals surface area contributed by atoms with Crippen LogP contribution in [-0.4, -0.2) is 0 Å². The standard InChI is InChI=1S/C25H21N/c26-25(23-15-7-13-21(17-23)19-9-3-1-4-10-19)24-16-8-14-22(18-24)20-11-5-2-6-12-20/h1-18,25H,26H2. The average molecular weight is 335 g/mol. The van der Waals surface area contributed by atoms with Gasteiger partial charge < -0.3 is 5.73 Å². The van der Waals surface area contributed by atoms with Crippen LogP contribution >= 0.6 is 0 Å². The van der Waals surface area contributed by atoms with E-state index in [4.69, 9.17) is 5.73 Å². The first-order valence-corrected chi connectivity index (χ1v) is 8.87. The maximum Gasteiger partial charge on any atom is 0.0552 e. The van der Waals surface area contributed by atoms with Gasteiger partial charge in [-0.25, -0.2) is 0 Å². The van der Waals surface area contributed by atoms with Crippen molar-refractivity contribution >= 4 is 0 Å². The smallest absolute Gasteiger partial charge is 0.0552 e. The van der Waals surface area contributed by atoms with E-state index in [0.29, 0.717) is 0 Å². The maximum atomic E-state index is 6.61. The molecule has 0 atom stereocenters. The topological polar surface area (TPSA) is 26.0 Å². The van der Waals surface area contributed by atoms with Gasteiger partial charge in [0.25, 0.3) is 0 Å². The minimum Gasteiger partial charge on any atom is -0.320 e. The van der Waals surface area contributed by atoms with Gasteiger partial charge in [-0.3, -0.25) is 0 Å². The van der Waals surface area contributed by atoms with Crippen LogP contribution in [0.4, 0.5) is 0 Å². The van der Waals surface area contributed by atoms with Crippen LogP contribution in [0.3, 0.4) is 0 Å². The highest BCUT2D eigenvalue weighted by molar-refractivity contribution is 5.66. The Morgan fingerprint density at radius 2 is 0.808 bits per heavy atom. The van der Waals surface area contributed by atoms with Gasteiger partial charge in [0.2, 0.25) is 0 Å². The molecule has 4 rings (SSSR count). The van der Waals surface area contributed by atoms with Crippen molar-refractivity contribution in [2.45, 2.75) is 6.04 Å². The highest BCUT2D eigenvalue weighted by atomic mass is 14.6. The monoisotopic (exact) mass is 335 g/mol. The Morgan fingerprint density at radius 1 is 0.423 bits per heavy atom. The lowest BCUT2D eigenvalue weighted by Gasteiger charge is -2.15. The highest BCUT2D eigenvalue weighted by Gasteiger charge is 2.11. The number of rotatable bonds is 4. The number of nitrogens with two attached hydrogens (primary N) is 1. The van der Waals surface area contributed by atoms with Crippen molar-refractivity contribution in [3.63, 3.8) is 0 Å². The van der Waals surface area contributed by atoms with Crippen molar-refractivity contribution in [2.75, 3.05) is 0 Å². The fourth-order valence-electron chi connectivity index (χ4n) is 3.28. The zero-order valence-corrected chi connectivity index (χ0v) is 14.5. The first-order valence-electron chi connectivity index (χ1n) is 8.87. The highest BCUT2D eigenvalue weighted by Crippen LogP contribution is 2.28. The van der Waals surface area contributed by atoms with E-state index in [1.165, 1.54) is 22.3 Å². The van der Waals surface area contributed by atoms with Gasteiger partial charge in [-0.2, -0.15) is 0 Å². The van der Waals surface area contributed by atoms with Crippen LogP contribution in [0.5, 0.6) is 0 Å². The van der Waals surface area contributed by atoms with Crippen molar-refractivity contribution in [2.24, 2.45) is 5.73 Å². The number of hydrogen-bond donors (Lipinski definition) is 1. The number of benzene rings is 4. The van der Waals surface area contributed by atoms with E-state index in [1.54, 1.807) is 0 Å². The summed E-state index contributed by atoms with van der Waals surface area (Å²) in [5.41, 5.74) is 13.7. The summed E-state index contributed by atoms with van der Waals surface area (Å²) < 4.78 is 0. The van der Waals surface area contributed by atoms with Gasteiger partial charge in [-0.05, 0) is 45.5 Å². The lowest BCUT2D eigenvalue weighted by molar-refractivity contribution is 0.872. The van der Waals surface area contributed by atoms with Crippen LogP contribution in [0.2, 0.25) is 0 Å². The number of hydrogen-bond acceptors (Lipinski definition) is 1. The minimum absolute atomic E-state index is 0.151. The van der Waals surface area contributed by atoms with Crippen LogP contribution in [0, 0.1) is 0 Å². The second-order valence-electron chi connectivity index (χ2n) is 6.46. The molecule has 0 saturated carbocycles. The van der Waals surface area contributed by atoms with E-state index in [9.17, 15) is 0 Å². The lowest BCUT2D eigenvalue weighted by Crippen LogP contribution is -2.11. The van der Waals surface area contributed by atoms with Gasteiger partial charge in [-0.1, -0.05) is 97.1 Å². The molecule has 1 heteroatoms. The normalized spacial score (nSPS) is 10.8. The first-order chi connectivity index (χ1) is 12.8. The summed E-state index contributed by atoms with van der Waals surface area (Å²) in [4.78, 5) is 0. The van der Waals surface area contributed by atoms with Gasteiger partial charge in [0, 0.05) is 0 Å². The maximum absolute atomic E-state index is 6.61. The third-order valence-corrected chi connectivity index (χ3v) is 4.71. The second kappa shape index (κ2) is 7.38. The Kier molecular flexibility index (Phi) is 4.63. The molecule has 126 valence electrons. The zero-order chi connectivity index (χ0) is 17.8. The molecule has 0 aliphatic heterocycles. The molecule has 2 N–H and O–H groups in total. The van der Waals surface area contributed by atoms with E-state index in [0.717, 1.165) is 11.1 Å². The van der Waals surface area contributed by atoms with Crippen molar-refractivity contribution in [3.05, 3.63) is 120 Å². The molecular formula is C25H21N. The molecule has 0 heterocycles. The molecule has 0 bridgehead atoms. The van der Waals surface area contributed by atoms with Crippen LogP contribution in [0.1, 0.15) is 17.2 Å². The minimum atomic E-state index is -0.151. The molecule has 0 fully saturated rings. The molecule has 0 aromatic heterocycles. The Morgan fingerprint density at radius 3 is 1.23 bits per heavy atom. The van der Waals surface area contributed by atoms with Crippen LogP contribution in [0.25, 0.3) is 22.3 Å². The molecule has 0 radical (unpaired) electrons. The first kappa shape index (κ1) is 16.3. The summed E-state index contributed by atoms with van der Waals surface area (Å²) in [6.45, 7) is 0. The van der Waals surface area contributed by atoms with Gasteiger partial charge in [0.15, 0.2) is 0 Å². The van der Waals surface area contributed by atoms with Crippen LogP contribution in [0.15, 0.2) is 109 Å². The van der Waals surface area contributed by atoms with E-state index in [1.807, 2.05) is 12.1 Å². The molecule has 0 unspecified atom stereocenters. The van der Waals surface area contributed by atoms with Crippen molar-refractivity contribution in [1.82, 2.24) is 0 Å². The average Bonchev–Trinajstić information content (AvgIpc) is 2.75. The van der Waals surface area contributed by atoms with Crippen molar-refractivity contribution in [3.8, 4) is 22.3 Å². The quantitative estimate of drug-likeness (QED) is 0.481. The molecule has 0 amide bonds. The molecule has 0 aliphatic rings. The third kappa shape index (κ3) is 3.44. The van der Waals surface area contributed by atoms with Crippen LogP contribution < -0.4 is 5.73 Å². The van der Waals surface area contributed by atoms with E-state index in [2.05, 4.69) is 97.1 Å². The Balaban J connectivity index is 1.67. The molecule has 4 aromatic carbocycles. The molecule has 26 heavy (non-hydrogen) atoms. The Bertz CT molecular complexity index is 908. The Labute approximate surface area is 154 Å². The fraction of sp³-hybridized carbons (Fsp3) is 0.0400. The molecule has 0 saturated heterocycles. The summed E-state index contributed by atoms with van der Waals surface area (Å²) in [6, 6.07) is 37.7. The molecule has 4 aromatic rings. The summed E-state index contributed by atoms with van der Waals surface area (Å²) in [5, 5.41) is 0. The predicted molar refractivity (Wildman–Crippen MR) is 110 cm³/mol. The summed E-state index contributed by atoms with van der Waals surface area (Å²) >= 11 is 0. The zero-order valence-electron chi connectivity index (χ0n) is 14.5. The predicted octanol–water partition coefficient (Wildman–Crippen LogP) is 6.07. The van der Waals surface area contributed by atoms with E-state index < -0.39 is 0 Å². The fourth-order valence-corrected chi connectivity index (χ4v) is 3.28. The van der Waals surface area contributed by atoms with Gasteiger partial charge >= 0.3 is 0 Å². The van der Waals surface area contributed by atoms with E-state index in [-0.39, 0.29) is 6.04 Å². The molecular weight excluding hydrogens is 314 g/mol. The molecule has 0 aliphatic carbocycles. The summed E-state index contributed by atoms with van der Waals surface area (Å²) in [5.74, 6) is 0. The lowest BCUT2D eigenvalue weighted by atomic mass is 9.93. The summed E-state index contributed by atoms with van der Waals surface area (Å²) in [7, 11) is 0. The SMILES string of the molecule is NC(c1cccc(-c2ccccc2)c1)c1cccc(-c2ccccc2)c1. The van der Waals surface area contributed by atoms with E-state index >= 15 is 0 Å². The summed E-state index contributed by atoms with van der Waals surface area (Å²) in [6.07, 6.45) is 0. The third-order valence-electron chi connectivity index (χ3n) is 4.71. The van der Waals surface area contributed by atoms with Gasteiger partial charge in [0.05, 0.1) is 6.04 Å². The molecule has 1 nitrogen and oxygen atoms in total. The second-order valence-corrected chi connectivity index (χ2v) is 6.46.